The first-order chi connectivity index (χ1) is 17.5. The van der Waals surface area contributed by atoms with E-state index < -0.39 is 0 Å². The van der Waals surface area contributed by atoms with Gasteiger partial charge in [0, 0.05) is 10.2 Å². The molecule has 0 amide bonds. The maximum absolute atomic E-state index is 9.27. The number of benzene rings is 4. The molecule has 1 aliphatic rings. The number of hydrogen-bond donors (Lipinski definition) is 1. The molecule has 197 valence electrons. The molecule has 4 aromatic rings. The van der Waals surface area contributed by atoms with Gasteiger partial charge < -0.3 is 5.11 Å². The van der Waals surface area contributed by atoms with Gasteiger partial charge in [-0.25, -0.2) is 10.8 Å². The summed E-state index contributed by atoms with van der Waals surface area (Å²) in [6.45, 7) is 6.43. The Morgan fingerprint density at radius 1 is 0.711 bits per heavy atom. The Balaban J connectivity index is 0. The van der Waals surface area contributed by atoms with Gasteiger partial charge in [0.15, 0.2) is 0 Å². The van der Waals surface area contributed by atoms with Crippen molar-refractivity contribution in [1.29, 1.82) is 0 Å². The van der Waals surface area contributed by atoms with Crippen molar-refractivity contribution in [2.24, 2.45) is 5.92 Å². The molecule has 3 radical (unpaired) electrons. The summed E-state index contributed by atoms with van der Waals surface area (Å²) in [5, 5.41) is 10.4. The molecule has 1 nitrogen and oxygen atoms in total. The van der Waals surface area contributed by atoms with Crippen LogP contribution in [0.5, 0.6) is 5.75 Å². The number of phenols is 1. The van der Waals surface area contributed by atoms with Gasteiger partial charge in [-0.2, -0.15) is 78.4 Å². The van der Waals surface area contributed by atoms with E-state index in [-0.39, 0.29) is 24.8 Å². The number of halogens is 2. The van der Waals surface area contributed by atoms with Crippen molar-refractivity contribution in [2.45, 2.75) is 20.8 Å². The van der Waals surface area contributed by atoms with Gasteiger partial charge in [-0.15, -0.1) is 31.7 Å². The maximum atomic E-state index is 9.27. The Bertz CT molecular complexity index is 1080. The zero-order valence-electron chi connectivity index (χ0n) is 22.0. The van der Waals surface area contributed by atoms with Crippen LogP contribution >= 0.6 is 24.8 Å². The predicted octanol–water partition coefficient (Wildman–Crippen LogP) is 8.67. The monoisotopic (exact) mass is 592 g/mol. The molecule has 0 heterocycles. The van der Waals surface area contributed by atoms with Gasteiger partial charge in [0.05, 0.1) is 0 Å². The van der Waals surface area contributed by atoms with Gasteiger partial charge in [-0.05, 0) is 23.3 Å². The minimum atomic E-state index is 0. The average Bonchev–Trinajstić information content (AvgIpc) is 3.18. The van der Waals surface area contributed by atoms with E-state index in [2.05, 4.69) is 54.0 Å². The van der Waals surface area contributed by atoms with E-state index in [4.69, 9.17) is 0 Å². The van der Waals surface area contributed by atoms with Crippen LogP contribution in [0.2, 0.25) is 0 Å². The second-order valence-corrected chi connectivity index (χ2v) is 8.12. The summed E-state index contributed by atoms with van der Waals surface area (Å²) in [6.07, 6.45) is 3.27. The zero-order valence-corrected chi connectivity index (χ0v) is 26.2. The molecule has 1 unspecified atom stereocenters. The molecule has 0 aromatic heterocycles. The fraction of sp³-hybridized carbons (Fsp3) is 0.121. The summed E-state index contributed by atoms with van der Waals surface area (Å²) in [5.41, 5.74) is 4.94. The van der Waals surface area contributed by atoms with Gasteiger partial charge in [-0.1, -0.05) is 62.2 Å². The van der Waals surface area contributed by atoms with E-state index in [0.29, 0.717) is 11.7 Å². The van der Waals surface area contributed by atoms with Crippen molar-refractivity contribution < 1.29 is 25.1 Å². The van der Waals surface area contributed by atoms with Crippen molar-refractivity contribution in [3.63, 3.8) is 0 Å². The second kappa shape index (κ2) is 23.6. The molecule has 0 spiro atoms. The normalized spacial score (nSPS) is 12.4. The molecular formula is C33H34Cl2OSiTi-3. The quantitative estimate of drug-likeness (QED) is 0.173. The summed E-state index contributed by atoms with van der Waals surface area (Å²) in [4.78, 5) is 3.25. The fourth-order valence-corrected chi connectivity index (χ4v) is 3.37. The molecule has 0 aliphatic heterocycles. The summed E-state index contributed by atoms with van der Waals surface area (Å²) in [5.74, 6) is 0.818. The van der Waals surface area contributed by atoms with E-state index in [1.54, 1.807) is 32.1 Å². The summed E-state index contributed by atoms with van der Waals surface area (Å²) in [7, 11) is 3.48. The van der Waals surface area contributed by atoms with Gasteiger partial charge in [-0.3, -0.25) is 6.08 Å². The van der Waals surface area contributed by atoms with Crippen LogP contribution in [-0.4, -0.2) is 20.2 Å². The molecule has 38 heavy (non-hydrogen) atoms. The topological polar surface area (TPSA) is 20.2 Å². The van der Waals surface area contributed by atoms with Crippen LogP contribution in [-0.2, 0) is 20.0 Å². The standard InChI is InChI=1S/C12H10O.C8H10Si.2C6H5.CH2.2ClH.Ti/c13-12-8-4-7-11(9-12)10-5-2-1-3-6-10;1-5-4-8(9)7(3)6(5)2;2*1-2-4-6-5-3-1;;;;/h1-9,13H;5H,1-3H3;2*1-5H;1H2;2*1H;/q;3*-1;;;;. The van der Waals surface area contributed by atoms with E-state index in [1.165, 1.54) is 11.1 Å². The van der Waals surface area contributed by atoms with Gasteiger partial charge in [0.1, 0.15) is 5.75 Å². The molecular weight excluding hydrogens is 559 g/mol. The van der Waals surface area contributed by atoms with E-state index in [9.17, 15) is 5.11 Å². The number of hydrogen-bond acceptors (Lipinski definition) is 1. The number of aromatic hydroxyl groups is 1. The van der Waals surface area contributed by atoms with Crippen LogP contribution in [0.1, 0.15) is 20.8 Å². The van der Waals surface area contributed by atoms with Crippen molar-refractivity contribution in [3.05, 3.63) is 150 Å². The predicted molar refractivity (Wildman–Crippen MR) is 166 cm³/mol. The fourth-order valence-electron chi connectivity index (χ4n) is 2.95. The Morgan fingerprint density at radius 3 is 1.45 bits per heavy atom. The zero-order chi connectivity index (χ0) is 26.6. The summed E-state index contributed by atoms with van der Waals surface area (Å²) >= 11 is 1.75. The van der Waals surface area contributed by atoms with Crippen LogP contribution in [0.3, 0.4) is 0 Å². The Morgan fingerprint density at radius 2 is 1.16 bits per heavy atom. The van der Waals surface area contributed by atoms with Crippen molar-refractivity contribution in [2.75, 3.05) is 0 Å². The third-order valence-corrected chi connectivity index (χ3v) is 5.66. The first kappa shape index (κ1) is 37.7. The molecule has 0 saturated heterocycles. The van der Waals surface area contributed by atoms with Crippen LogP contribution in [0.25, 0.3) is 11.1 Å². The maximum Gasteiger partial charge on any atom is -0.171 e. The van der Waals surface area contributed by atoms with Crippen molar-refractivity contribution in [1.82, 2.24) is 0 Å². The molecule has 0 fully saturated rings. The molecule has 0 bridgehead atoms. The van der Waals surface area contributed by atoms with E-state index >= 15 is 0 Å². The largest absolute Gasteiger partial charge is 0.184 e. The van der Waals surface area contributed by atoms with Crippen LogP contribution < -0.4 is 0 Å². The van der Waals surface area contributed by atoms with Gasteiger partial charge in [0.25, 0.3) is 0 Å². The Kier molecular flexibility index (Phi) is 23.5. The third-order valence-electron chi connectivity index (χ3n) is 5.14. The molecule has 0 saturated carbocycles. The first-order valence-corrected chi connectivity index (χ1v) is 13.1. The average molecular weight is 593 g/mol. The molecule has 5 heteroatoms. The number of allylic oxidation sites excluding steroid dienone is 4. The van der Waals surface area contributed by atoms with Gasteiger partial charge >= 0.3 is 24.8 Å². The molecule has 5 rings (SSSR count). The Labute approximate surface area is 256 Å². The first-order valence-electron chi connectivity index (χ1n) is 11.5. The van der Waals surface area contributed by atoms with Crippen LogP contribution in [0.4, 0.5) is 0 Å². The second-order valence-electron chi connectivity index (χ2n) is 7.62. The molecule has 1 aliphatic carbocycles. The van der Waals surface area contributed by atoms with Crippen molar-refractivity contribution in [3.8, 4) is 16.9 Å². The minimum Gasteiger partial charge on any atom is -0.184 e. The minimum absolute atomic E-state index is 0. The molecule has 1 N–H and O–H groups in total. The van der Waals surface area contributed by atoms with Crippen molar-refractivity contribution >= 4 is 39.9 Å². The number of phenolic OH excluding ortho intramolecular Hbond substituents is 1. The smallest absolute Gasteiger partial charge is 0.171 e. The van der Waals surface area contributed by atoms with Crippen LogP contribution in [0, 0.1) is 24.1 Å². The summed E-state index contributed by atoms with van der Waals surface area (Å²) in [6, 6.07) is 42.3. The third kappa shape index (κ3) is 15.7. The van der Waals surface area contributed by atoms with E-state index in [1.807, 2.05) is 103 Å². The van der Waals surface area contributed by atoms with E-state index in [0.717, 1.165) is 16.3 Å². The number of rotatable bonds is 1. The summed E-state index contributed by atoms with van der Waals surface area (Å²) < 4.78 is 0. The molecule has 4 aromatic carbocycles. The Hall–Kier alpha value is -2.46. The molecule has 1 atom stereocenters. The van der Waals surface area contributed by atoms with Crippen LogP contribution in [0.15, 0.2) is 132 Å². The SMILES string of the molecule is CC1=C(C)C(C)[C-]=C1[Si].Cl.Cl.Oc1cccc(-c2ccccc2)c1.[CH2]=[Ti].[c-]1ccccc1.[c-]1ccccc1. The van der Waals surface area contributed by atoms with Gasteiger partial charge in [0.2, 0.25) is 0 Å².